The molecule has 0 bridgehead atoms. The van der Waals surface area contributed by atoms with Gasteiger partial charge < -0.3 is 10.2 Å². The Morgan fingerprint density at radius 1 is 0.840 bits per heavy atom. The van der Waals surface area contributed by atoms with Gasteiger partial charge in [-0.15, -0.1) is 0 Å². The molecular weight excluding hydrogens is 314 g/mol. The van der Waals surface area contributed by atoms with E-state index in [4.69, 9.17) is 0 Å². The van der Waals surface area contributed by atoms with E-state index < -0.39 is 0 Å². The maximum atomic E-state index is 12.1. The molecule has 0 saturated heterocycles. The summed E-state index contributed by atoms with van der Waals surface area (Å²) in [7, 11) is 3.62. The van der Waals surface area contributed by atoms with Crippen molar-refractivity contribution in [2.45, 2.75) is 13.1 Å². The summed E-state index contributed by atoms with van der Waals surface area (Å²) in [5, 5.41) is 2.69. The summed E-state index contributed by atoms with van der Waals surface area (Å²) in [5.41, 5.74) is 2.21. The fourth-order valence-corrected chi connectivity index (χ4v) is 2.51. The summed E-state index contributed by atoms with van der Waals surface area (Å²) in [4.78, 5) is 27.7. The van der Waals surface area contributed by atoms with Crippen LogP contribution in [0.1, 0.15) is 11.1 Å². The van der Waals surface area contributed by atoms with Crippen molar-refractivity contribution in [2.24, 2.45) is 0 Å². The lowest BCUT2D eigenvalue weighted by Crippen LogP contribution is -2.41. The van der Waals surface area contributed by atoms with Crippen LogP contribution in [0.25, 0.3) is 0 Å². The average Bonchev–Trinajstić information content (AvgIpc) is 2.61. The number of rotatable bonds is 8. The Morgan fingerprint density at radius 3 is 1.92 bits per heavy atom. The van der Waals surface area contributed by atoms with Gasteiger partial charge in [0.15, 0.2) is 0 Å². The SMILES string of the molecule is CN(CC(=O)NCC(=O)N(C)Cc1ccccc1)Cc1ccccc1. The molecule has 2 amide bonds. The molecular formula is C20H25N3O2. The van der Waals surface area contributed by atoms with Crippen LogP contribution in [0.5, 0.6) is 0 Å². The molecule has 2 rings (SSSR count). The van der Waals surface area contributed by atoms with E-state index in [1.54, 1.807) is 11.9 Å². The van der Waals surface area contributed by atoms with Crippen LogP contribution in [0.3, 0.4) is 0 Å². The van der Waals surface area contributed by atoms with E-state index in [-0.39, 0.29) is 24.9 Å². The molecule has 0 fully saturated rings. The van der Waals surface area contributed by atoms with Crippen molar-refractivity contribution in [1.29, 1.82) is 0 Å². The lowest BCUT2D eigenvalue weighted by atomic mass is 10.2. The Morgan fingerprint density at radius 2 is 1.36 bits per heavy atom. The van der Waals surface area contributed by atoms with E-state index in [1.165, 1.54) is 0 Å². The molecule has 25 heavy (non-hydrogen) atoms. The van der Waals surface area contributed by atoms with Crippen LogP contribution in [0, 0.1) is 0 Å². The Labute approximate surface area is 149 Å². The van der Waals surface area contributed by atoms with Crippen LogP contribution in [0.15, 0.2) is 60.7 Å². The second kappa shape index (κ2) is 9.59. The number of nitrogens with one attached hydrogen (secondary N) is 1. The maximum Gasteiger partial charge on any atom is 0.242 e. The largest absolute Gasteiger partial charge is 0.346 e. The number of hydrogen-bond donors (Lipinski definition) is 1. The number of amides is 2. The zero-order valence-electron chi connectivity index (χ0n) is 14.8. The molecule has 0 aromatic heterocycles. The minimum Gasteiger partial charge on any atom is -0.346 e. The molecule has 2 aromatic rings. The summed E-state index contributed by atoms with van der Waals surface area (Å²) < 4.78 is 0. The Balaban J connectivity index is 1.70. The standard InChI is InChI=1S/C20H25N3O2/c1-22(14-17-9-5-3-6-10-17)16-19(24)21-13-20(25)23(2)15-18-11-7-4-8-12-18/h3-12H,13-16H2,1-2H3,(H,21,24). The zero-order valence-corrected chi connectivity index (χ0v) is 14.8. The molecule has 0 aliphatic carbocycles. The summed E-state index contributed by atoms with van der Waals surface area (Å²) in [6, 6.07) is 19.7. The zero-order chi connectivity index (χ0) is 18.1. The van der Waals surface area contributed by atoms with Crippen LogP contribution in [0.2, 0.25) is 0 Å². The van der Waals surface area contributed by atoms with Crippen molar-refractivity contribution in [3.63, 3.8) is 0 Å². The maximum absolute atomic E-state index is 12.1. The first-order valence-corrected chi connectivity index (χ1v) is 8.31. The van der Waals surface area contributed by atoms with Gasteiger partial charge in [0, 0.05) is 20.1 Å². The van der Waals surface area contributed by atoms with Gasteiger partial charge in [0.25, 0.3) is 0 Å². The third-order valence-electron chi connectivity index (χ3n) is 3.83. The van der Waals surface area contributed by atoms with Crippen molar-refractivity contribution >= 4 is 11.8 Å². The number of carbonyl (C=O) groups is 2. The van der Waals surface area contributed by atoms with Crippen molar-refractivity contribution in [3.8, 4) is 0 Å². The van der Waals surface area contributed by atoms with Crippen molar-refractivity contribution in [3.05, 3.63) is 71.8 Å². The van der Waals surface area contributed by atoms with Gasteiger partial charge in [0.2, 0.25) is 11.8 Å². The second-order valence-electron chi connectivity index (χ2n) is 6.17. The highest BCUT2D eigenvalue weighted by Gasteiger charge is 2.12. The summed E-state index contributed by atoms with van der Waals surface area (Å²) >= 11 is 0. The van der Waals surface area contributed by atoms with E-state index in [0.29, 0.717) is 13.1 Å². The van der Waals surface area contributed by atoms with Gasteiger partial charge in [-0.25, -0.2) is 0 Å². The molecule has 2 aromatic carbocycles. The fourth-order valence-electron chi connectivity index (χ4n) is 2.51. The lowest BCUT2D eigenvalue weighted by Gasteiger charge is -2.19. The van der Waals surface area contributed by atoms with Gasteiger partial charge in [-0.1, -0.05) is 60.7 Å². The number of benzene rings is 2. The molecule has 1 N–H and O–H groups in total. The molecule has 0 saturated carbocycles. The number of likely N-dealkylation sites (N-methyl/N-ethyl adjacent to an activating group) is 2. The van der Waals surface area contributed by atoms with Crippen molar-refractivity contribution < 1.29 is 9.59 Å². The highest BCUT2D eigenvalue weighted by atomic mass is 16.2. The summed E-state index contributed by atoms with van der Waals surface area (Å²) in [6.45, 7) is 1.49. The topological polar surface area (TPSA) is 52.7 Å². The van der Waals surface area contributed by atoms with E-state index in [0.717, 1.165) is 11.1 Å². The molecule has 0 atom stereocenters. The minimum absolute atomic E-state index is 0.0152. The van der Waals surface area contributed by atoms with Gasteiger partial charge in [0.05, 0.1) is 13.1 Å². The van der Waals surface area contributed by atoms with Crippen LogP contribution >= 0.6 is 0 Å². The number of nitrogens with zero attached hydrogens (tertiary/aromatic N) is 2. The predicted molar refractivity (Wildman–Crippen MR) is 98.7 cm³/mol. The van der Waals surface area contributed by atoms with Crippen LogP contribution in [-0.4, -0.2) is 48.8 Å². The average molecular weight is 339 g/mol. The van der Waals surface area contributed by atoms with Crippen LogP contribution in [-0.2, 0) is 22.7 Å². The number of carbonyl (C=O) groups excluding carboxylic acids is 2. The van der Waals surface area contributed by atoms with Crippen LogP contribution < -0.4 is 5.32 Å². The molecule has 132 valence electrons. The highest BCUT2D eigenvalue weighted by molar-refractivity contribution is 5.85. The van der Waals surface area contributed by atoms with Crippen LogP contribution in [0.4, 0.5) is 0 Å². The highest BCUT2D eigenvalue weighted by Crippen LogP contribution is 2.03. The Bertz CT molecular complexity index is 674. The van der Waals surface area contributed by atoms with Gasteiger partial charge in [-0.2, -0.15) is 0 Å². The molecule has 0 unspecified atom stereocenters. The monoisotopic (exact) mass is 339 g/mol. The first kappa shape index (κ1) is 18.7. The number of hydrogen-bond acceptors (Lipinski definition) is 3. The van der Waals surface area contributed by atoms with Gasteiger partial charge >= 0.3 is 0 Å². The normalized spacial score (nSPS) is 10.5. The lowest BCUT2D eigenvalue weighted by molar-refractivity contribution is -0.132. The minimum atomic E-state index is -0.153. The Hall–Kier alpha value is -2.66. The third-order valence-corrected chi connectivity index (χ3v) is 3.83. The Kier molecular flexibility index (Phi) is 7.16. The first-order valence-electron chi connectivity index (χ1n) is 8.31. The van der Waals surface area contributed by atoms with E-state index in [2.05, 4.69) is 5.32 Å². The van der Waals surface area contributed by atoms with E-state index >= 15 is 0 Å². The molecule has 0 radical (unpaired) electrons. The molecule has 5 nitrogen and oxygen atoms in total. The fraction of sp³-hybridized carbons (Fsp3) is 0.300. The van der Waals surface area contributed by atoms with E-state index in [9.17, 15) is 9.59 Å². The van der Waals surface area contributed by atoms with Crippen molar-refractivity contribution in [1.82, 2.24) is 15.1 Å². The molecule has 0 aliphatic rings. The molecule has 0 spiro atoms. The second-order valence-corrected chi connectivity index (χ2v) is 6.17. The van der Waals surface area contributed by atoms with Gasteiger partial charge in [-0.3, -0.25) is 14.5 Å². The molecule has 0 heterocycles. The van der Waals surface area contributed by atoms with E-state index in [1.807, 2.05) is 72.6 Å². The molecule has 5 heteroatoms. The summed E-state index contributed by atoms with van der Waals surface area (Å²) in [5.74, 6) is -0.261. The van der Waals surface area contributed by atoms with Gasteiger partial charge in [0.1, 0.15) is 0 Å². The smallest absolute Gasteiger partial charge is 0.242 e. The predicted octanol–water partition coefficient (Wildman–Crippen LogP) is 1.89. The summed E-state index contributed by atoms with van der Waals surface area (Å²) in [6.07, 6.45) is 0. The van der Waals surface area contributed by atoms with Gasteiger partial charge in [-0.05, 0) is 18.2 Å². The van der Waals surface area contributed by atoms with Crippen molar-refractivity contribution in [2.75, 3.05) is 27.2 Å². The quantitative estimate of drug-likeness (QED) is 0.799. The third kappa shape index (κ3) is 6.77. The molecule has 0 aliphatic heterocycles. The first-order chi connectivity index (χ1) is 12.0.